The normalized spacial score (nSPS) is 27.6. The number of carbonyl (C=O) groups is 9. The first-order valence-electron chi connectivity index (χ1n) is 20.4. The standard InChI is InChI=1S/C39H54N10O13S/c1-4-16(2)31-36(60)42-11-29(55)43-25-15-63-38-21(20-6-5-18(51)7-22(20)46-38)9-23(33(57)41-12-30(56)47-31)44-37(61)32(17(3)27(53)14-50)48-35(59)26-8-19(52)13-49(26)39(62)24(10-28(40)54)45-34(25)58/h5-7,16-17,19,23-27,31-32,46,50-53H,4,8-15H2,1-3H3,(H2,40,54)(H,41,57)(H,42,60)(H,43,55)(H,44,61)(H,45,58)(H,47,56)(H,48,59)/t16-,17-,19+,23?,24-,25+,26-,27-,31-,32-/m0/s1. The molecular weight excluding hydrogens is 849 g/mol. The molecule has 0 radical (unpaired) electrons. The Morgan fingerprint density at radius 2 is 1.56 bits per heavy atom. The number of fused-ring (bicyclic) bond motifs is 5. The van der Waals surface area contributed by atoms with E-state index in [0.29, 0.717) is 22.9 Å². The topological polar surface area (TPSA) is 364 Å². The smallest absolute Gasteiger partial charge is 0.246 e. The number of carbonyl (C=O) groups excluding carboxylic acids is 9. The molecular formula is C39H54N10O13S. The Labute approximate surface area is 364 Å². The third-order valence-electron chi connectivity index (χ3n) is 11.4. The Balaban J connectivity index is 1.70. The van der Waals surface area contributed by atoms with E-state index in [1.807, 2.05) is 0 Å². The van der Waals surface area contributed by atoms with Crippen LogP contribution in [0.4, 0.5) is 0 Å². The molecule has 3 aliphatic heterocycles. The van der Waals surface area contributed by atoms with Crippen molar-refractivity contribution in [2.75, 3.05) is 32.0 Å². The Kier molecular flexibility index (Phi) is 16.0. The van der Waals surface area contributed by atoms with Crippen LogP contribution >= 0.6 is 11.8 Å². The summed E-state index contributed by atoms with van der Waals surface area (Å²) in [5, 5.41) is 59.9. The highest BCUT2D eigenvalue weighted by Gasteiger charge is 2.45. The van der Waals surface area contributed by atoms with Crippen LogP contribution in [-0.4, -0.2) is 164 Å². The van der Waals surface area contributed by atoms with Gasteiger partial charge in [0, 0.05) is 42.5 Å². The van der Waals surface area contributed by atoms with Crippen molar-refractivity contribution in [3.63, 3.8) is 0 Å². The number of aromatic hydroxyl groups is 1. The number of aromatic nitrogens is 1. The summed E-state index contributed by atoms with van der Waals surface area (Å²) in [4.78, 5) is 128. The van der Waals surface area contributed by atoms with E-state index in [1.165, 1.54) is 25.1 Å². The fraction of sp³-hybridized carbons (Fsp3) is 0.564. The number of thioether (sulfide) groups is 1. The van der Waals surface area contributed by atoms with Gasteiger partial charge in [-0.3, -0.25) is 43.2 Å². The summed E-state index contributed by atoms with van der Waals surface area (Å²) < 4.78 is 0. The van der Waals surface area contributed by atoms with Crippen molar-refractivity contribution in [2.45, 2.75) is 99.9 Å². The number of aliphatic hydroxyl groups excluding tert-OH is 3. The highest BCUT2D eigenvalue weighted by Crippen LogP contribution is 2.33. The molecule has 63 heavy (non-hydrogen) atoms. The minimum absolute atomic E-state index is 0.146. The molecule has 4 heterocycles. The third kappa shape index (κ3) is 11.7. The zero-order valence-corrected chi connectivity index (χ0v) is 35.6. The number of hydrogen-bond donors (Lipinski definition) is 13. The highest BCUT2D eigenvalue weighted by atomic mass is 32.2. The molecule has 1 aromatic heterocycles. The van der Waals surface area contributed by atoms with Gasteiger partial charge in [0.25, 0.3) is 0 Å². The summed E-state index contributed by atoms with van der Waals surface area (Å²) in [5.41, 5.74) is 6.19. The first-order valence-corrected chi connectivity index (χ1v) is 21.4. The van der Waals surface area contributed by atoms with E-state index in [-0.39, 0.29) is 29.4 Å². The summed E-state index contributed by atoms with van der Waals surface area (Å²) >= 11 is 0.949. The van der Waals surface area contributed by atoms with Gasteiger partial charge >= 0.3 is 0 Å². The second kappa shape index (κ2) is 20.9. The summed E-state index contributed by atoms with van der Waals surface area (Å²) in [6, 6.07) is -5.00. The van der Waals surface area contributed by atoms with Crippen LogP contribution in [0.25, 0.3) is 10.9 Å². The van der Waals surface area contributed by atoms with Crippen LogP contribution in [0.1, 0.15) is 45.6 Å². The molecule has 14 N–H and O–H groups in total. The monoisotopic (exact) mass is 902 g/mol. The van der Waals surface area contributed by atoms with Crippen molar-refractivity contribution in [2.24, 2.45) is 17.6 Å². The third-order valence-corrected chi connectivity index (χ3v) is 12.5. The average molecular weight is 903 g/mol. The van der Waals surface area contributed by atoms with Gasteiger partial charge < -0.3 is 73.3 Å². The number of H-pyrrole nitrogens is 1. The molecule has 23 nitrogen and oxygen atoms in total. The van der Waals surface area contributed by atoms with Gasteiger partial charge in [-0.15, -0.1) is 11.8 Å². The van der Waals surface area contributed by atoms with E-state index in [9.17, 15) is 63.6 Å². The molecule has 1 fully saturated rings. The number of nitrogens with two attached hydrogens (primary N) is 1. The lowest BCUT2D eigenvalue weighted by molar-refractivity contribution is -0.144. The van der Waals surface area contributed by atoms with Gasteiger partial charge in [0.15, 0.2) is 0 Å². The van der Waals surface area contributed by atoms with Crippen molar-refractivity contribution in [3.8, 4) is 5.75 Å². The second-order valence-electron chi connectivity index (χ2n) is 15.9. The number of phenols is 1. The summed E-state index contributed by atoms with van der Waals surface area (Å²) in [5.74, 6) is -10.7. The lowest BCUT2D eigenvalue weighted by atomic mass is 9.93. The number of amides is 9. The Morgan fingerprint density at radius 3 is 2.22 bits per heavy atom. The van der Waals surface area contributed by atoms with Crippen LogP contribution in [0, 0.1) is 11.8 Å². The van der Waals surface area contributed by atoms with Crippen LogP contribution in [0.15, 0.2) is 23.2 Å². The largest absolute Gasteiger partial charge is 0.508 e. The van der Waals surface area contributed by atoms with Gasteiger partial charge in [0.1, 0.15) is 42.0 Å². The fourth-order valence-electron chi connectivity index (χ4n) is 7.56. The van der Waals surface area contributed by atoms with Crippen molar-refractivity contribution in [1.29, 1.82) is 0 Å². The number of rotatable bonds is 7. The first kappa shape index (κ1) is 48.1. The molecule has 1 saturated heterocycles. The number of aliphatic hydroxyl groups is 3. The van der Waals surface area contributed by atoms with Crippen molar-refractivity contribution in [1.82, 2.24) is 47.1 Å². The molecule has 0 spiro atoms. The Morgan fingerprint density at radius 1 is 0.873 bits per heavy atom. The minimum atomic E-state index is -1.75. The molecule has 0 saturated carbocycles. The molecule has 24 heteroatoms. The molecule has 0 aliphatic carbocycles. The lowest BCUT2D eigenvalue weighted by Gasteiger charge is -2.32. The molecule has 5 rings (SSSR count). The van der Waals surface area contributed by atoms with E-state index < -0.39 is 146 Å². The number of phenolic OH excluding ortho intramolecular Hbond substituents is 1. The highest BCUT2D eigenvalue weighted by molar-refractivity contribution is 7.99. The molecule has 2 bridgehead atoms. The molecule has 1 aromatic carbocycles. The van der Waals surface area contributed by atoms with Crippen LogP contribution in [0.5, 0.6) is 5.75 Å². The lowest BCUT2D eigenvalue weighted by Crippen LogP contribution is -2.62. The molecule has 2 aromatic rings. The SMILES string of the molecule is CC[C@H](C)[C@@H]1NC(=O)CNC(=O)C2Cc3c([nH]c4cc(O)ccc34)SC[C@@H](NC(=O)CNC1=O)C(=O)N[C@@H](CC(N)=O)C(=O)N1C[C@H](O)C[C@H]1C(=O)N[C@@H]([C@@H](C)[C@@H](O)CO)C(=O)N2. The molecule has 1 unspecified atom stereocenters. The molecule has 10 atom stereocenters. The fourth-order valence-corrected chi connectivity index (χ4v) is 8.68. The number of benzene rings is 1. The number of primary amides is 1. The quantitative estimate of drug-likeness (QED) is 0.124. The van der Waals surface area contributed by atoms with Crippen molar-refractivity contribution < 1.29 is 63.6 Å². The van der Waals surface area contributed by atoms with E-state index in [0.717, 1.165) is 16.7 Å². The maximum atomic E-state index is 14.4. The van der Waals surface area contributed by atoms with E-state index in [4.69, 9.17) is 5.73 Å². The van der Waals surface area contributed by atoms with Gasteiger partial charge in [-0.25, -0.2) is 0 Å². The van der Waals surface area contributed by atoms with Crippen molar-refractivity contribution >= 4 is 75.8 Å². The summed E-state index contributed by atoms with van der Waals surface area (Å²) in [6.45, 7) is 2.08. The molecule has 9 amide bonds. The van der Waals surface area contributed by atoms with Crippen LogP contribution in [0.2, 0.25) is 0 Å². The van der Waals surface area contributed by atoms with E-state index in [1.54, 1.807) is 13.8 Å². The van der Waals surface area contributed by atoms with Crippen LogP contribution in [0.3, 0.4) is 0 Å². The van der Waals surface area contributed by atoms with Crippen LogP contribution < -0.4 is 43.0 Å². The van der Waals surface area contributed by atoms with Gasteiger partial charge in [-0.2, -0.15) is 0 Å². The summed E-state index contributed by atoms with van der Waals surface area (Å²) in [7, 11) is 0. The summed E-state index contributed by atoms with van der Waals surface area (Å²) in [6.07, 6.45) is -4.01. The Hall–Kier alpha value is -5.98. The number of aromatic amines is 1. The zero-order valence-electron chi connectivity index (χ0n) is 34.8. The average Bonchev–Trinajstić information content (AvgIpc) is 3.80. The maximum absolute atomic E-state index is 14.4. The van der Waals surface area contributed by atoms with Gasteiger partial charge in [-0.05, 0) is 23.6 Å². The first-order chi connectivity index (χ1) is 29.8. The van der Waals surface area contributed by atoms with Gasteiger partial charge in [0.05, 0.1) is 48.9 Å². The van der Waals surface area contributed by atoms with E-state index in [2.05, 4.69) is 42.2 Å². The van der Waals surface area contributed by atoms with Crippen LogP contribution in [-0.2, 0) is 49.6 Å². The Bertz CT molecular complexity index is 2120. The predicted molar refractivity (Wildman–Crippen MR) is 222 cm³/mol. The van der Waals surface area contributed by atoms with Gasteiger partial charge in [0.2, 0.25) is 53.2 Å². The molecule has 3 aliphatic rings. The number of nitrogens with one attached hydrogen (secondary N) is 8. The number of hydrogen-bond acceptors (Lipinski definition) is 14. The van der Waals surface area contributed by atoms with Gasteiger partial charge in [-0.1, -0.05) is 27.2 Å². The predicted octanol–water partition coefficient (Wildman–Crippen LogP) is -4.94. The molecule has 344 valence electrons. The number of nitrogens with zero attached hydrogens (tertiary/aromatic N) is 1. The van der Waals surface area contributed by atoms with E-state index >= 15 is 0 Å². The minimum Gasteiger partial charge on any atom is -0.508 e. The maximum Gasteiger partial charge on any atom is 0.246 e. The van der Waals surface area contributed by atoms with Crippen molar-refractivity contribution in [3.05, 3.63) is 23.8 Å². The zero-order chi connectivity index (χ0) is 46.3. The second-order valence-corrected chi connectivity index (χ2v) is 17.0.